The van der Waals surface area contributed by atoms with Crippen molar-refractivity contribution in [1.29, 1.82) is 0 Å². The van der Waals surface area contributed by atoms with E-state index in [1.165, 1.54) is 12.1 Å². The molecular formula is C36H45FN4O4. The molecule has 5 rings (SSSR count). The molecule has 0 bridgehead atoms. The monoisotopic (exact) mass is 616 g/mol. The van der Waals surface area contributed by atoms with Gasteiger partial charge >= 0.3 is 0 Å². The Balaban J connectivity index is 1.12. The number of aryl methyl sites for hydroxylation is 1. The van der Waals surface area contributed by atoms with Gasteiger partial charge in [0, 0.05) is 43.4 Å². The minimum absolute atomic E-state index is 0.145. The maximum Gasteiger partial charge on any atom is 0.270 e. The van der Waals surface area contributed by atoms with E-state index in [1.807, 2.05) is 18.2 Å². The highest BCUT2D eigenvalue weighted by Crippen LogP contribution is 2.52. The number of nitrogens with one attached hydrogen (secondary N) is 2. The fraction of sp³-hybridized carbons (Fsp3) is 0.500. The van der Waals surface area contributed by atoms with Gasteiger partial charge in [0.1, 0.15) is 11.5 Å². The normalized spacial score (nSPS) is 20.2. The second kappa shape index (κ2) is 15.5. The van der Waals surface area contributed by atoms with E-state index >= 15 is 0 Å². The van der Waals surface area contributed by atoms with Crippen molar-refractivity contribution >= 4 is 23.8 Å². The Morgan fingerprint density at radius 3 is 2.62 bits per heavy atom. The molecule has 45 heavy (non-hydrogen) atoms. The van der Waals surface area contributed by atoms with Gasteiger partial charge in [-0.2, -0.15) is 0 Å². The third kappa shape index (κ3) is 9.17. The summed E-state index contributed by atoms with van der Waals surface area (Å²) in [5.74, 6) is -0.671. The smallest absolute Gasteiger partial charge is 0.270 e. The molecule has 2 heterocycles. The molecule has 2 aliphatic carbocycles. The number of amides is 2. The number of ether oxygens (including phenoxy) is 1. The Bertz CT molecular complexity index is 1430. The summed E-state index contributed by atoms with van der Waals surface area (Å²) in [6.45, 7) is 6.87. The highest BCUT2D eigenvalue weighted by atomic mass is 19.1. The fourth-order valence-corrected chi connectivity index (χ4v) is 6.03. The van der Waals surface area contributed by atoms with Crippen molar-refractivity contribution in [3.8, 4) is 0 Å². The summed E-state index contributed by atoms with van der Waals surface area (Å²) in [6.07, 6.45) is 16.7. The van der Waals surface area contributed by atoms with Gasteiger partial charge in [-0.3, -0.25) is 19.4 Å². The Hall–Kier alpha value is -3.69. The van der Waals surface area contributed by atoms with Crippen LogP contribution in [0.2, 0.25) is 0 Å². The molecule has 0 unspecified atom stereocenters. The molecule has 2 fully saturated rings. The molecule has 0 atom stereocenters. The number of ketones is 1. The van der Waals surface area contributed by atoms with Crippen LogP contribution in [0.25, 0.3) is 0 Å². The van der Waals surface area contributed by atoms with Gasteiger partial charge in [-0.05, 0) is 107 Å². The third-order valence-electron chi connectivity index (χ3n) is 9.16. The average Bonchev–Trinajstić information content (AvgIpc) is 3.81. The van der Waals surface area contributed by atoms with Gasteiger partial charge in [-0.25, -0.2) is 4.39 Å². The molecule has 0 aromatic heterocycles. The van der Waals surface area contributed by atoms with Gasteiger partial charge in [0.25, 0.3) is 11.8 Å². The van der Waals surface area contributed by atoms with Crippen LogP contribution in [0.5, 0.6) is 0 Å². The molecule has 1 saturated carbocycles. The van der Waals surface area contributed by atoms with Crippen LogP contribution in [0.15, 0.2) is 69.9 Å². The zero-order valence-electron chi connectivity index (χ0n) is 26.3. The number of halogens is 1. The van der Waals surface area contributed by atoms with Crippen LogP contribution in [0.1, 0.15) is 68.9 Å². The van der Waals surface area contributed by atoms with Crippen molar-refractivity contribution in [3.63, 3.8) is 0 Å². The van der Waals surface area contributed by atoms with E-state index in [-0.39, 0.29) is 29.4 Å². The minimum Gasteiger partial charge on any atom is -0.380 e. The van der Waals surface area contributed by atoms with E-state index < -0.39 is 5.91 Å². The molecule has 0 radical (unpaired) electrons. The second-order valence-electron chi connectivity index (χ2n) is 12.6. The van der Waals surface area contributed by atoms with Crippen molar-refractivity contribution in [2.75, 3.05) is 39.4 Å². The highest BCUT2D eigenvalue weighted by molar-refractivity contribution is 6.02. The van der Waals surface area contributed by atoms with Crippen molar-refractivity contribution < 1.29 is 23.5 Å². The molecular weight excluding hydrogens is 571 g/mol. The SMILES string of the molecule is Cc1cc(CNC(=O)C2=CC(C(=O)NCC3=CC=C(C(=O)C4(CCN5CCCCOCC5)CC4)CC3)=CCCC=N2)ccc1F. The quantitative estimate of drug-likeness (QED) is 0.363. The van der Waals surface area contributed by atoms with Crippen LogP contribution in [0, 0.1) is 18.2 Å². The molecule has 240 valence electrons. The van der Waals surface area contributed by atoms with Gasteiger partial charge in [-0.1, -0.05) is 35.9 Å². The number of carbonyl (C=O) groups excluding carboxylic acids is 3. The zero-order valence-corrected chi connectivity index (χ0v) is 26.3. The Morgan fingerprint density at radius 2 is 1.84 bits per heavy atom. The van der Waals surface area contributed by atoms with Crippen LogP contribution < -0.4 is 10.6 Å². The van der Waals surface area contributed by atoms with Crippen molar-refractivity contribution in [2.45, 2.75) is 71.3 Å². The number of carbonyl (C=O) groups is 3. The first-order valence-corrected chi connectivity index (χ1v) is 16.3. The zero-order chi connectivity index (χ0) is 31.6. The molecule has 4 aliphatic rings. The van der Waals surface area contributed by atoms with E-state index in [2.05, 4.69) is 20.5 Å². The lowest BCUT2D eigenvalue weighted by atomic mass is 9.86. The Kier molecular flexibility index (Phi) is 11.3. The summed E-state index contributed by atoms with van der Waals surface area (Å²) in [4.78, 5) is 46.2. The Labute approximate surface area is 265 Å². The maximum absolute atomic E-state index is 13.6. The minimum atomic E-state index is -0.407. The lowest BCUT2D eigenvalue weighted by Gasteiger charge is -2.27. The average molecular weight is 617 g/mol. The number of hydrogen-bond acceptors (Lipinski definition) is 6. The Morgan fingerprint density at radius 1 is 1.00 bits per heavy atom. The van der Waals surface area contributed by atoms with Gasteiger partial charge in [0.2, 0.25) is 0 Å². The molecule has 9 heteroatoms. The van der Waals surface area contributed by atoms with Crippen LogP contribution >= 0.6 is 0 Å². The van der Waals surface area contributed by atoms with Crippen LogP contribution in [0.3, 0.4) is 0 Å². The van der Waals surface area contributed by atoms with E-state index in [0.29, 0.717) is 42.7 Å². The van der Waals surface area contributed by atoms with Crippen molar-refractivity contribution in [3.05, 3.63) is 81.9 Å². The number of nitrogens with zero attached hydrogens (tertiary/aromatic N) is 2. The molecule has 2 N–H and O–H groups in total. The molecule has 2 amide bonds. The van der Waals surface area contributed by atoms with Crippen molar-refractivity contribution in [1.82, 2.24) is 15.5 Å². The summed E-state index contributed by atoms with van der Waals surface area (Å²) in [5.41, 5.74) is 3.58. The van der Waals surface area contributed by atoms with Gasteiger partial charge in [0.15, 0.2) is 5.78 Å². The molecule has 1 aromatic carbocycles. The van der Waals surface area contributed by atoms with E-state index in [9.17, 15) is 18.8 Å². The number of rotatable bonds is 11. The number of hydrogen-bond donors (Lipinski definition) is 2. The van der Waals surface area contributed by atoms with Crippen LogP contribution in [-0.2, 0) is 25.7 Å². The van der Waals surface area contributed by atoms with Crippen LogP contribution in [-0.4, -0.2) is 68.1 Å². The number of aliphatic imine (C=N–C) groups is 1. The van der Waals surface area contributed by atoms with Gasteiger partial charge in [-0.15, -0.1) is 0 Å². The highest BCUT2D eigenvalue weighted by Gasteiger charge is 2.49. The number of Topliss-reactive ketones (excluding diaryl/α,β-unsaturated/α-hetero) is 1. The first-order valence-electron chi connectivity index (χ1n) is 16.3. The van der Waals surface area contributed by atoms with Crippen LogP contribution in [0.4, 0.5) is 4.39 Å². The standard InChI is InChI=1S/C36H45FN4O4/c1-26-22-28(9-12-31(26)37)25-40-35(44)32-23-30(6-2-3-16-38-32)34(43)39-24-27-7-10-29(11-8-27)33(42)36(13-14-36)15-18-41-17-4-5-20-45-21-19-41/h6-7,9-10,12,16,22-23H,2-5,8,11,13-15,17-21,24-25H2,1H3,(H,39,43)(H,40,44). The predicted molar refractivity (Wildman–Crippen MR) is 173 cm³/mol. The van der Waals surface area contributed by atoms with Gasteiger partial charge in [0.05, 0.1) is 6.61 Å². The fourth-order valence-electron chi connectivity index (χ4n) is 6.03. The van der Waals surface area contributed by atoms with Crippen molar-refractivity contribution in [2.24, 2.45) is 10.4 Å². The molecule has 8 nitrogen and oxygen atoms in total. The lowest BCUT2D eigenvalue weighted by Crippen LogP contribution is -2.34. The molecule has 2 aliphatic heterocycles. The molecule has 1 aromatic rings. The topological polar surface area (TPSA) is 100 Å². The molecule has 0 spiro atoms. The third-order valence-corrected chi connectivity index (χ3v) is 9.16. The summed E-state index contributed by atoms with van der Waals surface area (Å²) >= 11 is 0. The first-order chi connectivity index (χ1) is 21.8. The molecule has 1 saturated heterocycles. The summed E-state index contributed by atoms with van der Waals surface area (Å²) in [5, 5.41) is 5.79. The number of benzene rings is 1. The van der Waals surface area contributed by atoms with Gasteiger partial charge < -0.3 is 20.3 Å². The number of allylic oxidation sites excluding steroid dienone is 4. The largest absolute Gasteiger partial charge is 0.380 e. The lowest BCUT2D eigenvalue weighted by molar-refractivity contribution is -0.121. The predicted octanol–water partition coefficient (Wildman–Crippen LogP) is 5.04. The summed E-state index contributed by atoms with van der Waals surface area (Å²) in [6, 6.07) is 4.70. The van der Waals surface area contributed by atoms with E-state index in [1.54, 1.807) is 25.3 Å². The summed E-state index contributed by atoms with van der Waals surface area (Å²) < 4.78 is 19.2. The summed E-state index contributed by atoms with van der Waals surface area (Å²) in [7, 11) is 0. The maximum atomic E-state index is 13.6. The van der Waals surface area contributed by atoms with E-state index in [4.69, 9.17) is 4.74 Å². The first kappa shape index (κ1) is 32.7. The second-order valence-corrected chi connectivity index (χ2v) is 12.6. The van der Waals surface area contributed by atoms with E-state index in [0.717, 1.165) is 88.1 Å².